The second-order valence-electron chi connectivity index (χ2n) is 3.54. The Morgan fingerprint density at radius 3 is 2.29 bits per heavy atom. The van der Waals surface area contributed by atoms with Crippen LogP contribution in [0.15, 0.2) is 12.1 Å². The van der Waals surface area contributed by atoms with Crippen molar-refractivity contribution in [2.24, 2.45) is 0 Å². The third kappa shape index (κ3) is 1.85. The third-order valence-corrected chi connectivity index (χ3v) is 5.54. The van der Waals surface area contributed by atoms with E-state index >= 15 is 0 Å². The minimum atomic E-state index is -3.53. The second-order valence-corrected chi connectivity index (χ2v) is 7.09. The lowest BCUT2D eigenvalue weighted by molar-refractivity contribution is 0.374. The molecule has 5 heteroatoms. The summed E-state index contributed by atoms with van der Waals surface area (Å²) in [6.45, 7) is 5.25. The van der Waals surface area contributed by atoms with Crippen LogP contribution in [0.1, 0.15) is 23.6 Å². The molecule has 0 aliphatic heterocycles. The van der Waals surface area contributed by atoms with Crippen LogP contribution in [0.4, 0.5) is 0 Å². The highest BCUT2D eigenvalue weighted by atomic mass is 32.2. The second kappa shape index (κ2) is 3.64. The molecule has 14 heavy (non-hydrogen) atoms. The number of hydrogen-bond donors (Lipinski definition) is 0. The number of rotatable bonds is 3. The van der Waals surface area contributed by atoms with Crippen LogP contribution in [0, 0.1) is 6.92 Å². The lowest BCUT2D eigenvalue weighted by atomic mass is 10.2. The zero-order chi connectivity index (χ0) is 11.0. The van der Waals surface area contributed by atoms with Crippen LogP contribution in [0.25, 0.3) is 0 Å². The maximum absolute atomic E-state index is 11.6. The van der Waals surface area contributed by atoms with Gasteiger partial charge in [0.15, 0.2) is 0 Å². The minimum absolute atomic E-state index is 0.803. The van der Waals surface area contributed by atoms with Gasteiger partial charge in [0.05, 0.1) is 7.11 Å². The van der Waals surface area contributed by atoms with Gasteiger partial charge in [-0.05, 0) is 32.9 Å². The molecule has 0 fully saturated rings. The van der Waals surface area contributed by atoms with Crippen LogP contribution < -0.4 is 0 Å². The van der Waals surface area contributed by atoms with E-state index in [4.69, 9.17) is 0 Å². The van der Waals surface area contributed by atoms with Gasteiger partial charge in [-0.3, -0.25) is 4.18 Å². The van der Waals surface area contributed by atoms with Crippen LogP contribution in [-0.2, 0) is 19.0 Å². The first-order valence-corrected chi connectivity index (χ1v) is 6.41. The van der Waals surface area contributed by atoms with Gasteiger partial charge in [-0.15, -0.1) is 11.3 Å². The molecule has 0 N–H and O–H groups in total. The van der Waals surface area contributed by atoms with E-state index in [0.29, 0.717) is 0 Å². The molecule has 3 nitrogen and oxygen atoms in total. The summed E-state index contributed by atoms with van der Waals surface area (Å²) in [5.41, 5.74) is 0. The molecule has 1 aromatic heterocycles. The summed E-state index contributed by atoms with van der Waals surface area (Å²) in [6.07, 6.45) is 0. The normalized spacial score (nSPS) is 13.1. The van der Waals surface area contributed by atoms with E-state index in [0.717, 1.165) is 9.75 Å². The summed E-state index contributed by atoms with van der Waals surface area (Å²) >= 11 is 1.48. The van der Waals surface area contributed by atoms with Crippen molar-refractivity contribution in [2.45, 2.75) is 25.5 Å². The zero-order valence-electron chi connectivity index (χ0n) is 8.70. The monoisotopic (exact) mass is 234 g/mol. The predicted octanol–water partition coefficient (Wildman–Crippen LogP) is 2.27. The highest BCUT2D eigenvalue weighted by Crippen LogP contribution is 2.34. The van der Waals surface area contributed by atoms with E-state index < -0.39 is 14.9 Å². The quantitative estimate of drug-likeness (QED) is 0.753. The largest absolute Gasteiger partial charge is 0.277 e. The van der Waals surface area contributed by atoms with Crippen molar-refractivity contribution < 1.29 is 12.6 Å². The SMILES string of the molecule is COS(=O)(=O)C(C)(C)c1ccc(C)s1. The number of thiophene rings is 1. The van der Waals surface area contributed by atoms with Gasteiger partial charge in [-0.25, -0.2) is 0 Å². The topological polar surface area (TPSA) is 43.4 Å². The first kappa shape index (κ1) is 11.7. The molecule has 1 heterocycles. The summed E-state index contributed by atoms with van der Waals surface area (Å²) in [6, 6.07) is 3.74. The van der Waals surface area contributed by atoms with E-state index in [1.807, 2.05) is 19.1 Å². The summed E-state index contributed by atoms with van der Waals surface area (Å²) in [4.78, 5) is 1.90. The lowest BCUT2D eigenvalue weighted by Gasteiger charge is -2.21. The molecule has 0 radical (unpaired) electrons. The highest BCUT2D eigenvalue weighted by molar-refractivity contribution is 7.87. The molecule has 0 aliphatic rings. The third-order valence-electron chi connectivity index (χ3n) is 2.18. The average molecular weight is 234 g/mol. The van der Waals surface area contributed by atoms with Gasteiger partial charge in [-0.2, -0.15) is 8.42 Å². The van der Waals surface area contributed by atoms with Gasteiger partial charge in [0.25, 0.3) is 10.1 Å². The summed E-state index contributed by atoms with van der Waals surface area (Å²) in [7, 11) is -2.34. The fourth-order valence-electron chi connectivity index (χ4n) is 1.09. The van der Waals surface area contributed by atoms with Crippen LogP contribution in [0.2, 0.25) is 0 Å². The zero-order valence-corrected chi connectivity index (χ0v) is 10.3. The smallest absolute Gasteiger partial charge is 0.273 e. The first-order chi connectivity index (χ1) is 6.31. The molecule has 0 atom stereocenters. The van der Waals surface area contributed by atoms with Crippen LogP contribution in [0.5, 0.6) is 0 Å². The summed E-state index contributed by atoms with van der Waals surface area (Å²) in [5, 5.41) is 0. The van der Waals surface area contributed by atoms with Crippen LogP contribution in [0.3, 0.4) is 0 Å². The molecule has 1 aromatic rings. The van der Waals surface area contributed by atoms with Crippen molar-refractivity contribution in [3.8, 4) is 0 Å². The Bertz CT molecular complexity index is 415. The maximum atomic E-state index is 11.6. The highest BCUT2D eigenvalue weighted by Gasteiger charge is 2.37. The maximum Gasteiger partial charge on any atom is 0.277 e. The molecular formula is C9H14O3S2. The Hall–Kier alpha value is -0.390. The minimum Gasteiger partial charge on any atom is -0.273 e. The predicted molar refractivity (Wildman–Crippen MR) is 58.0 cm³/mol. The Morgan fingerprint density at radius 2 is 1.93 bits per heavy atom. The molecule has 0 bridgehead atoms. The van der Waals surface area contributed by atoms with Gasteiger partial charge >= 0.3 is 0 Å². The van der Waals surface area contributed by atoms with Gasteiger partial charge in [0.2, 0.25) is 0 Å². The van der Waals surface area contributed by atoms with Crippen molar-refractivity contribution in [1.82, 2.24) is 0 Å². The Kier molecular flexibility index (Phi) is 3.04. The van der Waals surface area contributed by atoms with Gasteiger partial charge in [0, 0.05) is 9.75 Å². The van der Waals surface area contributed by atoms with E-state index in [-0.39, 0.29) is 0 Å². The van der Waals surface area contributed by atoms with Gasteiger partial charge in [-0.1, -0.05) is 0 Å². The summed E-state index contributed by atoms with van der Waals surface area (Å²) in [5.74, 6) is 0. The molecule has 0 spiro atoms. The molecule has 80 valence electrons. The first-order valence-electron chi connectivity index (χ1n) is 4.18. The van der Waals surface area contributed by atoms with Crippen molar-refractivity contribution in [3.05, 3.63) is 21.9 Å². The van der Waals surface area contributed by atoms with E-state index in [1.165, 1.54) is 18.4 Å². The molecule has 0 aliphatic carbocycles. The van der Waals surface area contributed by atoms with E-state index in [2.05, 4.69) is 4.18 Å². The molecule has 0 saturated carbocycles. The van der Waals surface area contributed by atoms with Gasteiger partial charge < -0.3 is 0 Å². The Morgan fingerprint density at radius 1 is 1.36 bits per heavy atom. The van der Waals surface area contributed by atoms with Crippen LogP contribution >= 0.6 is 11.3 Å². The summed E-state index contributed by atoms with van der Waals surface area (Å²) < 4.78 is 26.8. The van der Waals surface area contributed by atoms with Crippen molar-refractivity contribution >= 4 is 21.5 Å². The van der Waals surface area contributed by atoms with Crippen LogP contribution in [-0.4, -0.2) is 15.5 Å². The van der Waals surface area contributed by atoms with Gasteiger partial charge in [0.1, 0.15) is 4.75 Å². The van der Waals surface area contributed by atoms with Crippen molar-refractivity contribution in [2.75, 3.05) is 7.11 Å². The standard InChI is InChI=1S/C9H14O3S2/c1-7-5-6-8(13-7)9(2,3)14(10,11)12-4/h5-6H,1-4H3. The number of hydrogen-bond acceptors (Lipinski definition) is 4. The Labute approximate surface area is 88.8 Å². The molecular weight excluding hydrogens is 220 g/mol. The average Bonchev–Trinajstić information content (AvgIpc) is 2.52. The molecule has 0 aromatic carbocycles. The fraction of sp³-hybridized carbons (Fsp3) is 0.556. The molecule has 0 unspecified atom stereocenters. The van der Waals surface area contributed by atoms with E-state index in [1.54, 1.807) is 13.8 Å². The molecule has 0 saturated heterocycles. The van der Waals surface area contributed by atoms with E-state index in [9.17, 15) is 8.42 Å². The fourth-order valence-corrected chi connectivity index (χ4v) is 3.12. The molecule has 1 rings (SSSR count). The number of aryl methyl sites for hydroxylation is 1. The van der Waals surface area contributed by atoms with Crippen molar-refractivity contribution in [3.63, 3.8) is 0 Å². The van der Waals surface area contributed by atoms with Crippen molar-refractivity contribution in [1.29, 1.82) is 0 Å². The lowest BCUT2D eigenvalue weighted by Crippen LogP contribution is -2.29. The Balaban J connectivity index is 3.21. The molecule has 0 amide bonds.